The highest BCUT2D eigenvalue weighted by Gasteiger charge is 2.15. The van der Waals surface area contributed by atoms with Crippen LogP contribution in [0.2, 0.25) is 0 Å². The van der Waals surface area contributed by atoms with E-state index in [1.54, 1.807) is 0 Å². The topological polar surface area (TPSA) is 15.3 Å². The maximum Gasteiger partial charge on any atom is 0.169 e. The summed E-state index contributed by atoms with van der Waals surface area (Å²) >= 11 is 5.46. The van der Waals surface area contributed by atoms with E-state index in [-0.39, 0.29) is 6.04 Å². The van der Waals surface area contributed by atoms with Gasteiger partial charge in [-0.3, -0.25) is 0 Å². The highest BCUT2D eigenvalue weighted by molar-refractivity contribution is 7.80. The lowest BCUT2D eigenvalue weighted by Gasteiger charge is -2.31. The van der Waals surface area contributed by atoms with Crippen molar-refractivity contribution in [1.29, 1.82) is 0 Å². The van der Waals surface area contributed by atoms with Crippen molar-refractivity contribution in [3.8, 4) is 0 Å². The van der Waals surface area contributed by atoms with Gasteiger partial charge in [0.15, 0.2) is 5.11 Å². The van der Waals surface area contributed by atoms with Crippen molar-refractivity contribution < 1.29 is 0 Å². The highest BCUT2D eigenvalue weighted by Crippen LogP contribution is 2.14. The van der Waals surface area contributed by atoms with Crippen LogP contribution in [0.3, 0.4) is 0 Å². The molecule has 1 heterocycles. The quantitative estimate of drug-likeness (QED) is 0.810. The number of piperidine rings is 1. The average Bonchev–Trinajstić information content (AvgIpc) is 2.40. The SMILES string of the molecule is CC(NC(=S)N1CCCCC1)c1ccccc1. The minimum Gasteiger partial charge on any atom is -0.356 e. The van der Waals surface area contributed by atoms with Gasteiger partial charge in [0, 0.05) is 13.1 Å². The van der Waals surface area contributed by atoms with Gasteiger partial charge in [-0.25, -0.2) is 0 Å². The molecule has 3 heteroatoms. The van der Waals surface area contributed by atoms with Crippen LogP contribution in [0.25, 0.3) is 0 Å². The van der Waals surface area contributed by atoms with Crippen LogP contribution in [-0.2, 0) is 0 Å². The largest absolute Gasteiger partial charge is 0.356 e. The van der Waals surface area contributed by atoms with Crippen LogP contribution in [0.15, 0.2) is 30.3 Å². The van der Waals surface area contributed by atoms with E-state index < -0.39 is 0 Å². The van der Waals surface area contributed by atoms with E-state index in [0.29, 0.717) is 0 Å². The van der Waals surface area contributed by atoms with E-state index in [9.17, 15) is 0 Å². The van der Waals surface area contributed by atoms with E-state index in [1.807, 2.05) is 6.07 Å². The number of hydrogen-bond acceptors (Lipinski definition) is 1. The summed E-state index contributed by atoms with van der Waals surface area (Å²) in [7, 11) is 0. The number of nitrogens with one attached hydrogen (secondary N) is 1. The summed E-state index contributed by atoms with van der Waals surface area (Å²) in [6.45, 7) is 4.37. The van der Waals surface area contributed by atoms with E-state index >= 15 is 0 Å². The fourth-order valence-corrected chi connectivity index (χ4v) is 2.56. The van der Waals surface area contributed by atoms with Crippen LogP contribution >= 0.6 is 12.2 Å². The van der Waals surface area contributed by atoms with Crippen molar-refractivity contribution in [3.63, 3.8) is 0 Å². The van der Waals surface area contributed by atoms with Crippen molar-refractivity contribution in [3.05, 3.63) is 35.9 Å². The van der Waals surface area contributed by atoms with Gasteiger partial charge < -0.3 is 10.2 Å². The fourth-order valence-electron chi connectivity index (χ4n) is 2.20. The maximum absolute atomic E-state index is 5.46. The van der Waals surface area contributed by atoms with Gasteiger partial charge in [-0.05, 0) is 44.0 Å². The Hall–Kier alpha value is -1.09. The molecule has 0 saturated carbocycles. The first kappa shape index (κ1) is 12.4. The molecule has 0 aromatic heterocycles. The summed E-state index contributed by atoms with van der Waals surface area (Å²) in [5.41, 5.74) is 1.28. The predicted octanol–water partition coefficient (Wildman–Crippen LogP) is 3.11. The normalized spacial score (nSPS) is 17.6. The van der Waals surface area contributed by atoms with Gasteiger partial charge >= 0.3 is 0 Å². The number of rotatable bonds is 2. The van der Waals surface area contributed by atoms with Crippen molar-refractivity contribution in [2.24, 2.45) is 0 Å². The molecule has 1 saturated heterocycles. The number of nitrogens with zero attached hydrogens (tertiary/aromatic N) is 1. The monoisotopic (exact) mass is 248 g/mol. The summed E-state index contributed by atoms with van der Waals surface area (Å²) in [6.07, 6.45) is 3.87. The van der Waals surface area contributed by atoms with Gasteiger partial charge in [0.25, 0.3) is 0 Å². The Morgan fingerprint density at radius 1 is 1.18 bits per heavy atom. The van der Waals surface area contributed by atoms with Crippen LogP contribution in [0.4, 0.5) is 0 Å². The van der Waals surface area contributed by atoms with E-state index in [4.69, 9.17) is 12.2 Å². The lowest BCUT2D eigenvalue weighted by Crippen LogP contribution is -2.43. The van der Waals surface area contributed by atoms with Gasteiger partial charge in [-0.2, -0.15) is 0 Å². The summed E-state index contributed by atoms with van der Waals surface area (Å²) < 4.78 is 0. The van der Waals surface area contributed by atoms with E-state index in [0.717, 1.165) is 18.2 Å². The van der Waals surface area contributed by atoms with Crippen molar-refractivity contribution in [2.75, 3.05) is 13.1 Å². The Kier molecular flexibility index (Phi) is 4.37. The van der Waals surface area contributed by atoms with Crippen molar-refractivity contribution >= 4 is 17.3 Å². The van der Waals surface area contributed by atoms with Gasteiger partial charge in [0.2, 0.25) is 0 Å². The number of likely N-dealkylation sites (tertiary alicyclic amines) is 1. The predicted molar refractivity (Wildman–Crippen MR) is 76.0 cm³/mol. The van der Waals surface area contributed by atoms with Crippen LogP contribution in [-0.4, -0.2) is 23.1 Å². The van der Waals surface area contributed by atoms with E-state index in [1.165, 1.54) is 24.8 Å². The molecule has 1 aromatic rings. The second kappa shape index (κ2) is 6.01. The zero-order valence-corrected chi connectivity index (χ0v) is 11.2. The van der Waals surface area contributed by atoms with Crippen LogP contribution < -0.4 is 5.32 Å². The summed E-state index contributed by atoms with van der Waals surface area (Å²) in [4.78, 5) is 2.29. The third-order valence-electron chi connectivity index (χ3n) is 3.28. The van der Waals surface area contributed by atoms with Gasteiger partial charge in [0.1, 0.15) is 0 Å². The summed E-state index contributed by atoms with van der Waals surface area (Å²) in [5.74, 6) is 0. The Morgan fingerprint density at radius 2 is 1.82 bits per heavy atom. The molecule has 0 amide bonds. The number of benzene rings is 1. The Balaban J connectivity index is 1.89. The first-order valence-electron chi connectivity index (χ1n) is 6.38. The summed E-state index contributed by atoms with van der Waals surface area (Å²) in [6, 6.07) is 10.7. The highest BCUT2D eigenvalue weighted by atomic mass is 32.1. The molecule has 1 N–H and O–H groups in total. The molecule has 92 valence electrons. The third-order valence-corrected chi connectivity index (χ3v) is 3.66. The lowest BCUT2D eigenvalue weighted by molar-refractivity contribution is 0.335. The standard InChI is InChI=1S/C14H20N2S/c1-12(13-8-4-2-5-9-13)15-14(17)16-10-6-3-7-11-16/h2,4-5,8-9,12H,3,6-7,10-11H2,1H3,(H,15,17). The third kappa shape index (κ3) is 3.43. The first-order chi connectivity index (χ1) is 8.27. The van der Waals surface area contributed by atoms with Crippen LogP contribution in [0.1, 0.15) is 37.8 Å². The Bertz CT molecular complexity index is 358. The maximum atomic E-state index is 5.46. The lowest BCUT2D eigenvalue weighted by atomic mass is 10.1. The molecule has 1 aromatic carbocycles. The van der Waals surface area contributed by atoms with Crippen LogP contribution in [0.5, 0.6) is 0 Å². The van der Waals surface area contributed by atoms with Crippen molar-refractivity contribution in [2.45, 2.75) is 32.2 Å². The van der Waals surface area contributed by atoms with E-state index in [2.05, 4.69) is 41.4 Å². The first-order valence-corrected chi connectivity index (χ1v) is 6.78. The Morgan fingerprint density at radius 3 is 2.47 bits per heavy atom. The molecule has 1 aliphatic rings. The van der Waals surface area contributed by atoms with Crippen molar-refractivity contribution in [1.82, 2.24) is 10.2 Å². The second-order valence-electron chi connectivity index (χ2n) is 4.63. The second-order valence-corrected chi connectivity index (χ2v) is 5.02. The molecule has 1 unspecified atom stereocenters. The molecule has 1 fully saturated rings. The number of hydrogen-bond donors (Lipinski definition) is 1. The Labute approximate surface area is 109 Å². The molecule has 1 aliphatic heterocycles. The average molecular weight is 248 g/mol. The van der Waals surface area contributed by atoms with Gasteiger partial charge in [-0.1, -0.05) is 30.3 Å². The fraction of sp³-hybridized carbons (Fsp3) is 0.500. The molecular formula is C14H20N2S. The molecule has 2 rings (SSSR count). The minimum atomic E-state index is 0.283. The van der Waals surface area contributed by atoms with Gasteiger partial charge in [-0.15, -0.1) is 0 Å². The van der Waals surface area contributed by atoms with Gasteiger partial charge in [0.05, 0.1) is 6.04 Å². The molecule has 0 radical (unpaired) electrons. The molecule has 1 atom stereocenters. The molecule has 2 nitrogen and oxygen atoms in total. The summed E-state index contributed by atoms with van der Waals surface area (Å²) in [5, 5.41) is 4.33. The molecule has 0 bridgehead atoms. The van der Waals surface area contributed by atoms with Crippen LogP contribution in [0, 0.1) is 0 Å². The molecule has 0 aliphatic carbocycles. The zero-order valence-electron chi connectivity index (χ0n) is 10.4. The molecule has 17 heavy (non-hydrogen) atoms. The molecule has 0 spiro atoms. The minimum absolute atomic E-state index is 0.283. The number of thiocarbonyl (C=S) groups is 1. The zero-order chi connectivity index (χ0) is 12.1. The smallest absolute Gasteiger partial charge is 0.169 e. The molecular weight excluding hydrogens is 228 g/mol.